The molecule has 1 aromatic carbocycles. The monoisotopic (exact) mass is 314 g/mol. The zero-order chi connectivity index (χ0) is 14.6. The topological polar surface area (TPSA) is 84.6 Å². The molecule has 118 valence electrons. The van der Waals surface area contributed by atoms with Crippen LogP contribution in [0.25, 0.3) is 0 Å². The molecule has 0 aromatic heterocycles. The first-order chi connectivity index (χ1) is 9.55. The Hall–Kier alpha value is -1.30. The molecule has 1 saturated carbocycles. The predicted octanol–water partition coefficient (Wildman–Crippen LogP) is 1.54. The van der Waals surface area contributed by atoms with Crippen molar-refractivity contribution >= 4 is 18.3 Å². The smallest absolute Gasteiger partial charge is 0.240 e. The molecule has 0 aliphatic heterocycles. The van der Waals surface area contributed by atoms with E-state index in [0.717, 1.165) is 12.8 Å². The minimum absolute atomic E-state index is 0. The van der Waals surface area contributed by atoms with Crippen molar-refractivity contribution in [2.45, 2.75) is 37.3 Å². The summed E-state index contributed by atoms with van der Waals surface area (Å²) in [6.45, 7) is 0.158. The Morgan fingerprint density at radius 2 is 2.14 bits per heavy atom. The summed E-state index contributed by atoms with van der Waals surface area (Å²) < 4.78 is 5.11. The molecule has 0 radical (unpaired) electrons. The normalized spacial score (nSPS) is 17.7. The molecule has 2 rings (SSSR count). The lowest BCUT2D eigenvalue weighted by molar-refractivity contribution is -0.126. The van der Waals surface area contributed by atoms with Gasteiger partial charge in [0.15, 0.2) is 0 Å². The number of ether oxygens (including phenoxy) is 1. The zero-order valence-corrected chi connectivity index (χ0v) is 13.0. The summed E-state index contributed by atoms with van der Waals surface area (Å²) in [6, 6.07) is 7.17. The van der Waals surface area contributed by atoms with Crippen LogP contribution in [0.1, 0.15) is 37.4 Å². The van der Waals surface area contributed by atoms with E-state index in [2.05, 4.69) is 5.32 Å². The van der Waals surface area contributed by atoms with Gasteiger partial charge in [-0.2, -0.15) is 0 Å². The van der Waals surface area contributed by atoms with Crippen molar-refractivity contribution in [3.8, 4) is 5.75 Å². The van der Waals surface area contributed by atoms with Crippen molar-refractivity contribution in [1.82, 2.24) is 5.32 Å². The highest BCUT2D eigenvalue weighted by Gasteiger charge is 2.36. The number of halogens is 1. The van der Waals surface area contributed by atoms with Gasteiger partial charge in [-0.25, -0.2) is 0 Å². The molecule has 6 heteroatoms. The van der Waals surface area contributed by atoms with Crippen LogP contribution in [0.3, 0.4) is 0 Å². The SMILES string of the molecule is COc1cccc(C(O)CNC(=O)C2(N)CCCC2)c1.Cl. The Labute approximate surface area is 131 Å². The summed E-state index contributed by atoms with van der Waals surface area (Å²) in [5, 5.41) is 12.9. The van der Waals surface area contributed by atoms with Crippen LogP contribution in [0.2, 0.25) is 0 Å². The lowest BCUT2D eigenvalue weighted by Crippen LogP contribution is -2.52. The Bertz CT molecular complexity index is 476. The van der Waals surface area contributed by atoms with E-state index < -0.39 is 11.6 Å². The number of hydrogen-bond donors (Lipinski definition) is 3. The number of nitrogens with one attached hydrogen (secondary N) is 1. The molecule has 1 amide bonds. The molecule has 1 unspecified atom stereocenters. The highest BCUT2D eigenvalue weighted by Crippen LogP contribution is 2.27. The number of benzene rings is 1. The van der Waals surface area contributed by atoms with E-state index in [9.17, 15) is 9.90 Å². The maximum absolute atomic E-state index is 12.1. The second-order valence-electron chi connectivity index (χ2n) is 5.37. The number of aliphatic hydroxyl groups is 1. The summed E-state index contributed by atoms with van der Waals surface area (Å²) in [5.41, 5.74) is 6.01. The molecule has 1 aliphatic rings. The van der Waals surface area contributed by atoms with Gasteiger partial charge in [0, 0.05) is 6.54 Å². The first-order valence-corrected chi connectivity index (χ1v) is 6.94. The van der Waals surface area contributed by atoms with Gasteiger partial charge in [-0.1, -0.05) is 25.0 Å². The van der Waals surface area contributed by atoms with Gasteiger partial charge in [0.25, 0.3) is 0 Å². The minimum Gasteiger partial charge on any atom is -0.497 e. The van der Waals surface area contributed by atoms with Crippen molar-refractivity contribution in [1.29, 1.82) is 0 Å². The van der Waals surface area contributed by atoms with Crippen LogP contribution in [0.4, 0.5) is 0 Å². The molecule has 5 nitrogen and oxygen atoms in total. The van der Waals surface area contributed by atoms with E-state index in [4.69, 9.17) is 10.5 Å². The van der Waals surface area contributed by atoms with Crippen LogP contribution in [0.15, 0.2) is 24.3 Å². The lowest BCUT2D eigenvalue weighted by Gasteiger charge is -2.23. The number of nitrogens with two attached hydrogens (primary N) is 1. The Kier molecular flexibility index (Phi) is 6.45. The third-order valence-electron chi connectivity index (χ3n) is 3.88. The Balaban J connectivity index is 0.00000220. The van der Waals surface area contributed by atoms with E-state index in [-0.39, 0.29) is 24.9 Å². The standard InChI is InChI=1S/C15H22N2O3.ClH/c1-20-12-6-4-5-11(9-12)13(18)10-17-14(19)15(16)7-2-3-8-15;/h4-6,9,13,18H,2-3,7-8,10,16H2,1H3,(H,17,19);1H. The average molecular weight is 315 g/mol. The number of carbonyl (C=O) groups excluding carboxylic acids is 1. The van der Waals surface area contributed by atoms with Crippen molar-refractivity contribution < 1.29 is 14.6 Å². The van der Waals surface area contributed by atoms with Crippen LogP contribution < -0.4 is 15.8 Å². The third-order valence-corrected chi connectivity index (χ3v) is 3.88. The molecule has 0 spiro atoms. The molecular weight excluding hydrogens is 292 g/mol. The van der Waals surface area contributed by atoms with Crippen LogP contribution >= 0.6 is 12.4 Å². The summed E-state index contributed by atoms with van der Waals surface area (Å²) in [6.07, 6.45) is 2.64. The molecule has 1 aromatic rings. The van der Waals surface area contributed by atoms with Gasteiger partial charge in [-0.05, 0) is 30.5 Å². The predicted molar refractivity (Wildman–Crippen MR) is 83.6 cm³/mol. The second kappa shape index (κ2) is 7.64. The second-order valence-corrected chi connectivity index (χ2v) is 5.37. The van der Waals surface area contributed by atoms with Crippen molar-refractivity contribution in [2.75, 3.05) is 13.7 Å². The summed E-state index contributed by atoms with van der Waals surface area (Å²) >= 11 is 0. The van der Waals surface area contributed by atoms with Crippen molar-refractivity contribution in [2.24, 2.45) is 5.73 Å². The number of hydrogen-bond acceptors (Lipinski definition) is 4. The maximum Gasteiger partial charge on any atom is 0.240 e. The number of methoxy groups -OCH3 is 1. The summed E-state index contributed by atoms with van der Waals surface area (Å²) in [4.78, 5) is 12.1. The molecule has 0 saturated heterocycles. The van der Waals surface area contributed by atoms with Crippen molar-refractivity contribution in [3.63, 3.8) is 0 Å². The number of rotatable bonds is 5. The fraction of sp³-hybridized carbons (Fsp3) is 0.533. The fourth-order valence-electron chi connectivity index (χ4n) is 2.57. The van der Waals surface area contributed by atoms with Gasteiger partial charge in [0.1, 0.15) is 5.75 Å². The maximum atomic E-state index is 12.1. The molecular formula is C15H23ClN2O3. The minimum atomic E-state index is -0.765. The quantitative estimate of drug-likeness (QED) is 0.769. The molecule has 1 atom stereocenters. The van der Waals surface area contributed by atoms with Gasteiger partial charge < -0.3 is 20.9 Å². The highest BCUT2D eigenvalue weighted by atomic mass is 35.5. The van der Waals surface area contributed by atoms with Crippen LogP contribution in [-0.4, -0.2) is 30.2 Å². The van der Waals surface area contributed by atoms with E-state index in [1.165, 1.54) is 0 Å². The van der Waals surface area contributed by atoms with Gasteiger partial charge >= 0.3 is 0 Å². The number of aliphatic hydroxyl groups excluding tert-OH is 1. The summed E-state index contributed by atoms with van der Waals surface area (Å²) in [5.74, 6) is 0.510. The van der Waals surface area contributed by atoms with E-state index >= 15 is 0 Å². The molecule has 0 bridgehead atoms. The Morgan fingerprint density at radius 1 is 1.48 bits per heavy atom. The molecule has 21 heavy (non-hydrogen) atoms. The molecule has 1 fully saturated rings. The van der Waals surface area contributed by atoms with Gasteiger partial charge in [-0.3, -0.25) is 4.79 Å². The average Bonchev–Trinajstić information content (AvgIpc) is 2.92. The third kappa shape index (κ3) is 4.33. The first kappa shape index (κ1) is 17.8. The van der Waals surface area contributed by atoms with Crippen molar-refractivity contribution in [3.05, 3.63) is 29.8 Å². The highest BCUT2D eigenvalue weighted by molar-refractivity contribution is 5.86. The molecule has 4 N–H and O–H groups in total. The number of amides is 1. The van der Waals surface area contributed by atoms with E-state index in [1.807, 2.05) is 6.07 Å². The first-order valence-electron chi connectivity index (χ1n) is 6.94. The number of carbonyl (C=O) groups is 1. The Morgan fingerprint density at radius 3 is 2.76 bits per heavy atom. The molecule has 0 heterocycles. The largest absolute Gasteiger partial charge is 0.497 e. The fourth-order valence-corrected chi connectivity index (χ4v) is 2.57. The lowest BCUT2D eigenvalue weighted by atomic mass is 9.98. The van der Waals surface area contributed by atoms with Crippen LogP contribution in [0.5, 0.6) is 5.75 Å². The van der Waals surface area contributed by atoms with Gasteiger partial charge in [0.05, 0.1) is 18.8 Å². The van der Waals surface area contributed by atoms with Crippen LogP contribution in [-0.2, 0) is 4.79 Å². The summed E-state index contributed by atoms with van der Waals surface area (Å²) in [7, 11) is 1.57. The van der Waals surface area contributed by atoms with E-state index in [1.54, 1.807) is 25.3 Å². The van der Waals surface area contributed by atoms with Crippen LogP contribution in [0, 0.1) is 0 Å². The van der Waals surface area contributed by atoms with Gasteiger partial charge in [0.2, 0.25) is 5.91 Å². The van der Waals surface area contributed by atoms with Gasteiger partial charge in [-0.15, -0.1) is 12.4 Å². The zero-order valence-electron chi connectivity index (χ0n) is 12.2. The molecule has 1 aliphatic carbocycles. The van der Waals surface area contributed by atoms with E-state index in [0.29, 0.717) is 24.2 Å².